The third kappa shape index (κ3) is 3.54. The Morgan fingerprint density at radius 2 is 1.79 bits per heavy atom. The molecule has 1 aliphatic heterocycles. The summed E-state index contributed by atoms with van der Waals surface area (Å²) in [5, 5.41) is 0. The van der Waals surface area contributed by atoms with E-state index in [0.29, 0.717) is 24.1 Å². The highest BCUT2D eigenvalue weighted by Crippen LogP contribution is 2.36. The fourth-order valence-electron chi connectivity index (χ4n) is 3.26. The van der Waals surface area contributed by atoms with Crippen LogP contribution >= 0.6 is 0 Å². The van der Waals surface area contributed by atoms with E-state index >= 15 is 0 Å². The minimum Gasteiger partial charge on any atom is -0.489 e. The van der Waals surface area contributed by atoms with Gasteiger partial charge >= 0.3 is 7.12 Å². The Bertz CT molecular complexity index is 570. The van der Waals surface area contributed by atoms with Crippen LogP contribution in [0.2, 0.25) is 0 Å². The highest BCUT2D eigenvalue weighted by molar-refractivity contribution is 6.62. The molecule has 0 spiro atoms. The monoisotopic (exact) mass is 332 g/mol. The number of hydrogen-bond donors (Lipinski definition) is 1. The van der Waals surface area contributed by atoms with Gasteiger partial charge in [-0.1, -0.05) is 19.3 Å². The molecule has 0 bridgehead atoms. The summed E-state index contributed by atoms with van der Waals surface area (Å²) in [7, 11) is -0.444. The molecular weight excluding hydrogens is 303 g/mol. The van der Waals surface area contributed by atoms with E-state index < -0.39 is 7.12 Å². The lowest BCUT2D eigenvalue weighted by atomic mass is 9.80. The van der Waals surface area contributed by atoms with Crippen molar-refractivity contribution in [2.24, 2.45) is 5.92 Å². The van der Waals surface area contributed by atoms with E-state index in [-0.39, 0.29) is 11.2 Å². The maximum atomic E-state index is 6.08. The number of hydrogen-bond acceptors (Lipinski definition) is 5. The van der Waals surface area contributed by atoms with Crippen molar-refractivity contribution in [3.05, 3.63) is 12.3 Å². The number of ether oxygens (including phenoxy) is 1. The maximum absolute atomic E-state index is 6.08. The Kier molecular flexibility index (Phi) is 4.80. The lowest BCUT2D eigenvalue weighted by molar-refractivity contribution is 0.00578. The number of nitrogen functional groups attached to an aromatic ring is 1. The molecule has 0 aromatic carbocycles. The number of anilines is 1. The standard InChI is InChI=1S/C18H29BN2O3/c1-17(2)18(3,4)24-19(23-17)14-10-15(16(20)21-11-14)22-12-13-8-6-5-7-9-13/h10-11,13H,5-9,12H2,1-4H3,(H2,20,21). The normalized spacial score (nSPS) is 23.4. The second kappa shape index (κ2) is 6.56. The van der Waals surface area contributed by atoms with Gasteiger partial charge in [-0.2, -0.15) is 0 Å². The Hall–Kier alpha value is -1.27. The molecule has 0 amide bonds. The Morgan fingerprint density at radius 3 is 2.42 bits per heavy atom. The first-order chi connectivity index (χ1) is 11.3. The van der Waals surface area contributed by atoms with Crippen molar-refractivity contribution in [2.45, 2.75) is 71.0 Å². The summed E-state index contributed by atoms with van der Waals surface area (Å²) in [6, 6.07) is 1.91. The molecule has 0 atom stereocenters. The van der Waals surface area contributed by atoms with E-state index in [2.05, 4.69) is 4.98 Å². The fraction of sp³-hybridized carbons (Fsp3) is 0.722. The van der Waals surface area contributed by atoms with Gasteiger partial charge < -0.3 is 19.8 Å². The van der Waals surface area contributed by atoms with E-state index in [1.54, 1.807) is 6.20 Å². The molecule has 1 aliphatic carbocycles. The van der Waals surface area contributed by atoms with Gasteiger partial charge in [0, 0.05) is 11.7 Å². The summed E-state index contributed by atoms with van der Waals surface area (Å²) in [6.07, 6.45) is 8.14. The molecule has 1 aromatic heterocycles. The molecule has 6 heteroatoms. The largest absolute Gasteiger partial charge is 0.496 e. The number of rotatable bonds is 4. The van der Waals surface area contributed by atoms with E-state index in [1.165, 1.54) is 32.1 Å². The van der Waals surface area contributed by atoms with Gasteiger partial charge in [-0.3, -0.25) is 0 Å². The summed E-state index contributed by atoms with van der Waals surface area (Å²) < 4.78 is 18.1. The molecule has 1 saturated carbocycles. The average molecular weight is 332 g/mol. The van der Waals surface area contributed by atoms with Gasteiger partial charge in [0.25, 0.3) is 0 Å². The SMILES string of the molecule is CC1(C)OB(c2cnc(N)c(OCC3CCCCC3)c2)OC1(C)C. The van der Waals surface area contributed by atoms with Gasteiger partial charge in [-0.25, -0.2) is 4.98 Å². The molecule has 132 valence electrons. The summed E-state index contributed by atoms with van der Waals surface area (Å²) >= 11 is 0. The Balaban J connectivity index is 1.70. The lowest BCUT2D eigenvalue weighted by Crippen LogP contribution is -2.41. The predicted molar refractivity (Wildman–Crippen MR) is 96.4 cm³/mol. The smallest absolute Gasteiger partial charge is 0.489 e. The number of nitrogens with zero attached hydrogens (tertiary/aromatic N) is 1. The zero-order chi connectivity index (χ0) is 17.4. The van der Waals surface area contributed by atoms with Gasteiger partial charge in [0.1, 0.15) is 0 Å². The molecule has 24 heavy (non-hydrogen) atoms. The van der Waals surface area contributed by atoms with Crippen molar-refractivity contribution in [3.63, 3.8) is 0 Å². The first-order valence-corrected chi connectivity index (χ1v) is 9.02. The molecule has 2 aliphatic rings. The second-order valence-corrected chi connectivity index (χ2v) is 8.06. The third-order valence-corrected chi connectivity index (χ3v) is 5.63. The minimum absolute atomic E-state index is 0.373. The highest BCUT2D eigenvalue weighted by Gasteiger charge is 2.51. The summed E-state index contributed by atoms with van der Waals surface area (Å²) in [4.78, 5) is 4.28. The van der Waals surface area contributed by atoms with Crippen molar-refractivity contribution in [3.8, 4) is 5.75 Å². The van der Waals surface area contributed by atoms with Crippen LogP contribution in [0.25, 0.3) is 0 Å². The highest BCUT2D eigenvalue weighted by atomic mass is 16.7. The average Bonchev–Trinajstić information content (AvgIpc) is 2.75. The van der Waals surface area contributed by atoms with Gasteiger partial charge in [-0.05, 0) is 52.5 Å². The molecule has 2 heterocycles. The number of pyridine rings is 1. The summed E-state index contributed by atoms with van der Waals surface area (Å²) in [5.74, 6) is 1.68. The van der Waals surface area contributed by atoms with E-state index in [0.717, 1.165) is 5.46 Å². The number of nitrogens with two attached hydrogens (primary N) is 1. The van der Waals surface area contributed by atoms with Gasteiger partial charge in [0.15, 0.2) is 11.6 Å². The van der Waals surface area contributed by atoms with Gasteiger partial charge in [-0.15, -0.1) is 0 Å². The zero-order valence-corrected chi connectivity index (χ0v) is 15.3. The van der Waals surface area contributed by atoms with Crippen molar-refractivity contribution >= 4 is 18.4 Å². The number of aromatic nitrogens is 1. The van der Waals surface area contributed by atoms with Crippen LogP contribution in [0.15, 0.2) is 12.3 Å². The summed E-state index contributed by atoms with van der Waals surface area (Å²) in [6.45, 7) is 8.87. The molecule has 1 saturated heterocycles. The molecule has 2 N–H and O–H groups in total. The zero-order valence-electron chi connectivity index (χ0n) is 15.3. The van der Waals surface area contributed by atoms with Crippen LogP contribution in [-0.2, 0) is 9.31 Å². The van der Waals surface area contributed by atoms with Crippen LogP contribution in [0.1, 0.15) is 59.8 Å². The quantitative estimate of drug-likeness (QED) is 0.859. The molecule has 0 radical (unpaired) electrons. The van der Waals surface area contributed by atoms with Crippen LogP contribution < -0.4 is 15.9 Å². The molecule has 5 nitrogen and oxygen atoms in total. The van der Waals surface area contributed by atoms with E-state index in [9.17, 15) is 0 Å². The first kappa shape index (κ1) is 17.6. The van der Waals surface area contributed by atoms with Crippen LogP contribution in [0.4, 0.5) is 5.82 Å². The molecule has 2 fully saturated rings. The van der Waals surface area contributed by atoms with Gasteiger partial charge in [0.2, 0.25) is 0 Å². The van der Waals surface area contributed by atoms with Crippen LogP contribution in [0.5, 0.6) is 5.75 Å². The predicted octanol–water partition coefficient (Wildman–Crippen LogP) is 2.92. The Morgan fingerprint density at radius 1 is 1.17 bits per heavy atom. The first-order valence-electron chi connectivity index (χ1n) is 9.02. The maximum Gasteiger partial charge on any atom is 0.496 e. The Labute approximate surface area is 145 Å². The van der Waals surface area contributed by atoms with Crippen molar-refractivity contribution in [2.75, 3.05) is 12.3 Å². The van der Waals surface area contributed by atoms with Crippen LogP contribution in [0, 0.1) is 5.92 Å². The molecule has 0 unspecified atom stereocenters. The van der Waals surface area contributed by atoms with Crippen molar-refractivity contribution in [1.29, 1.82) is 0 Å². The molecule has 1 aromatic rings. The fourth-order valence-corrected chi connectivity index (χ4v) is 3.26. The molecular formula is C18H29BN2O3. The lowest BCUT2D eigenvalue weighted by Gasteiger charge is -2.32. The topological polar surface area (TPSA) is 66.6 Å². The van der Waals surface area contributed by atoms with Crippen LogP contribution in [-0.4, -0.2) is 29.9 Å². The van der Waals surface area contributed by atoms with E-state index in [1.807, 2.05) is 33.8 Å². The second-order valence-electron chi connectivity index (χ2n) is 8.06. The van der Waals surface area contributed by atoms with Gasteiger partial charge in [0.05, 0.1) is 17.8 Å². The summed E-state index contributed by atoms with van der Waals surface area (Å²) in [5.41, 5.74) is 6.10. The third-order valence-electron chi connectivity index (χ3n) is 5.63. The van der Waals surface area contributed by atoms with Crippen molar-refractivity contribution in [1.82, 2.24) is 4.98 Å². The van der Waals surface area contributed by atoms with E-state index in [4.69, 9.17) is 19.8 Å². The minimum atomic E-state index is -0.444. The molecule has 3 rings (SSSR count). The van der Waals surface area contributed by atoms with Crippen molar-refractivity contribution < 1.29 is 14.0 Å². The van der Waals surface area contributed by atoms with Crippen LogP contribution in [0.3, 0.4) is 0 Å².